The lowest BCUT2D eigenvalue weighted by molar-refractivity contribution is 0.601. The summed E-state index contributed by atoms with van der Waals surface area (Å²) in [4.78, 5) is -0.158. The molecule has 0 atom stereocenters. The van der Waals surface area contributed by atoms with E-state index in [1.165, 1.54) is 18.3 Å². The van der Waals surface area contributed by atoms with E-state index in [1.54, 1.807) is 10.9 Å². The van der Waals surface area contributed by atoms with Crippen molar-refractivity contribution in [2.24, 2.45) is 0 Å². The Hall–Kier alpha value is -1.25. The second-order valence-corrected chi connectivity index (χ2v) is 9.14. The summed E-state index contributed by atoms with van der Waals surface area (Å²) in [6, 6.07) is 10.2. The molecule has 3 rings (SSSR count). The third-order valence-corrected chi connectivity index (χ3v) is 6.50. The number of nitrogens with zero attached hydrogens (tertiary/aromatic N) is 2. The van der Waals surface area contributed by atoms with Crippen LogP contribution in [0.2, 0.25) is 15.1 Å². The molecular formula is C16H11BrCl3N3O2S. The minimum Gasteiger partial charge on any atom is -0.276 e. The van der Waals surface area contributed by atoms with Gasteiger partial charge in [-0.3, -0.25) is 9.40 Å². The molecule has 0 bridgehead atoms. The second-order valence-electron chi connectivity index (χ2n) is 5.36. The summed E-state index contributed by atoms with van der Waals surface area (Å²) >= 11 is 21.1. The van der Waals surface area contributed by atoms with E-state index in [4.69, 9.17) is 34.8 Å². The fourth-order valence-electron chi connectivity index (χ4n) is 2.20. The van der Waals surface area contributed by atoms with Gasteiger partial charge in [0.25, 0.3) is 10.0 Å². The first-order chi connectivity index (χ1) is 12.2. The number of halogens is 4. The van der Waals surface area contributed by atoms with Crippen molar-refractivity contribution in [3.8, 4) is 0 Å². The number of nitrogens with one attached hydrogen (secondary N) is 1. The van der Waals surface area contributed by atoms with Crippen LogP contribution in [-0.2, 0) is 16.6 Å². The van der Waals surface area contributed by atoms with Gasteiger partial charge in [0.2, 0.25) is 0 Å². The van der Waals surface area contributed by atoms with Crippen molar-refractivity contribution in [3.63, 3.8) is 0 Å². The smallest absolute Gasteiger partial charge is 0.263 e. The second kappa shape index (κ2) is 7.78. The maximum atomic E-state index is 12.6. The average molecular weight is 496 g/mol. The van der Waals surface area contributed by atoms with Crippen LogP contribution >= 0.6 is 50.7 Å². The fraction of sp³-hybridized carbons (Fsp3) is 0.0625. The van der Waals surface area contributed by atoms with E-state index >= 15 is 0 Å². The quantitative estimate of drug-likeness (QED) is 0.479. The summed E-state index contributed by atoms with van der Waals surface area (Å²) in [6.45, 7) is 0.503. The summed E-state index contributed by atoms with van der Waals surface area (Å²) in [5.41, 5.74) is 1.34. The van der Waals surface area contributed by atoms with E-state index < -0.39 is 10.0 Å². The Morgan fingerprint density at radius 2 is 1.69 bits per heavy atom. The van der Waals surface area contributed by atoms with Crippen LogP contribution < -0.4 is 4.72 Å². The van der Waals surface area contributed by atoms with Gasteiger partial charge in [-0.25, -0.2) is 8.42 Å². The standard InChI is InChI=1S/C16H11BrCl3N3O2S/c17-11-3-1-10(2-4-11)8-23-9-12(7-21-23)22-26(24,25)16-6-14(19)13(18)5-15(16)20/h1-7,9,22H,8H2. The van der Waals surface area contributed by atoms with Gasteiger partial charge in [0.15, 0.2) is 0 Å². The molecule has 0 spiro atoms. The van der Waals surface area contributed by atoms with Gasteiger partial charge in [-0.1, -0.05) is 62.9 Å². The minimum absolute atomic E-state index is 0.0193. The van der Waals surface area contributed by atoms with Crippen molar-refractivity contribution in [1.82, 2.24) is 9.78 Å². The third-order valence-electron chi connectivity index (χ3n) is 3.41. The Kier molecular flexibility index (Phi) is 5.84. The molecule has 0 saturated heterocycles. The van der Waals surface area contributed by atoms with Crippen LogP contribution in [0.15, 0.2) is 58.2 Å². The number of benzene rings is 2. The number of aromatic nitrogens is 2. The SMILES string of the molecule is O=S(=O)(Nc1cnn(Cc2ccc(Br)cc2)c1)c1cc(Cl)c(Cl)cc1Cl. The van der Waals surface area contributed by atoms with E-state index in [2.05, 4.69) is 25.8 Å². The highest BCUT2D eigenvalue weighted by Gasteiger charge is 2.20. The van der Waals surface area contributed by atoms with Gasteiger partial charge in [-0.05, 0) is 29.8 Å². The van der Waals surface area contributed by atoms with Crippen LogP contribution in [0.4, 0.5) is 5.69 Å². The van der Waals surface area contributed by atoms with Gasteiger partial charge in [0.1, 0.15) is 4.90 Å². The molecule has 5 nitrogen and oxygen atoms in total. The predicted octanol–water partition coefficient (Wildman–Crippen LogP) is 5.45. The van der Waals surface area contributed by atoms with Gasteiger partial charge >= 0.3 is 0 Å². The normalized spacial score (nSPS) is 11.5. The molecule has 0 aliphatic heterocycles. The molecule has 26 heavy (non-hydrogen) atoms. The van der Waals surface area contributed by atoms with Crippen LogP contribution in [0.3, 0.4) is 0 Å². The highest BCUT2D eigenvalue weighted by atomic mass is 79.9. The maximum Gasteiger partial charge on any atom is 0.263 e. The maximum absolute atomic E-state index is 12.6. The van der Waals surface area contributed by atoms with Gasteiger partial charge < -0.3 is 0 Å². The molecule has 1 heterocycles. The fourth-order valence-corrected chi connectivity index (χ4v) is 4.49. The van der Waals surface area contributed by atoms with Crippen LogP contribution in [0.5, 0.6) is 0 Å². The summed E-state index contributed by atoms with van der Waals surface area (Å²) in [6.07, 6.45) is 3.01. The molecule has 0 aliphatic rings. The summed E-state index contributed by atoms with van der Waals surface area (Å²) in [7, 11) is -3.93. The van der Waals surface area contributed by atoms with Crippen LogP contribution in [-0.4, -0.2) is 18.2 Å². The van der Waals surface area contributed by atoms with E-state index in [0.29, 0.717) is 12.2 Å². The number of sulfonamides is 1. The topological polar surface area (TPSA) is 64.0 Å². The van der Waals surface area contributed by atoms with Crippen molar-refractivity contribution in [2.45, 2.75) is 11.4 Å². The molecule has 136 valence electrons. The lowest BCUT2D eigenvalue weighted by Crippen LogP contribution is -2.13. The van der Waals surface area contributed by atoms with Crippen LogP contribution in [0.25, 0.3) is 0 Å². The number of rotatable bonds is 5. The lowest BCUT2D eigenvalue weighted by atomic mass is 10.2. The lowest BCUT2D eigenvalue weighted by Gasteiger charge is -2.09. The zero-order valence-electron chi connectivity index (χ0n) is 13.0. The molecular weight excluding hydrogens is 485 g/mol. The first-order valence-corrected chi connectivity index (χ1v) is 10.6. The number of hydrogen-bond acceptors (Lipinski definition) is 3. The molecule has 1 N–H and O–H groups in total. The van der Waals surface area contributed by atoms with Gasteiger partial charge in [-0.2, -0.15) is 5.10 Å². The van der Waals surface area contributed by atoms with Gasteiger partial charge in [-0.15, -0.1) is 0 Å². The summed E-state index contributed by atoms with van der Waals surface area (Å²) in [5, 5.41) is 4.42. The number of anilines is 1. The summed E-state index contributed by atoms with van der Waals surface area (Å²) < 4.78 is 30.1. The Labute approximate surface area is 174 Å². The molecule has 0 aliphatic carbocycles. The van der Waals surface area contributed by atoms with Crippen molar-refractivity contribution in [3.05, 3.63) is 73.9 Å². The Morgan fingerprint density at radius 3 is 2.38 bits per heavy atom. The largest absolute Gasteiger partial charge is 0.276 e. The molecule has 2 aromatic carbocycles. The zero-order chi connectivity index (χ0) is 18.9. The van der Waals surface area contributed by atoms with E-state index in [9.17, 15) is 8.42 Å². The Balaban J connectivity index is 1.80. The molecule has 0 amide bonds. The predicted molar refractivity (Wildman–Crippen MR) is 108 cm³/mol. The van der Waals surface area contributed by atoms with E-state index in [-0.39, 0.29) is 20.0 Å². The van der Waals surface area contributed by atoms with E-state index in [1.807, 2.05) is 24.3 Å². The Morgan fingerprint density at radius 1 is 1.04 bits per heavy atom. The van der Waals surface area contributed by atoms with Gasteiger partial charge in [0.05, 0.1) is 33.5 Å². The van der Waals surface area contributed by atoms with Crippen molar-refractivity contribution >= 4 is 66.4 Å². The molecule has 10 heteroatoms. The highest BCUT2D eigenvalue weighted by molar-refractivity contribution is 9.10. The van der Waals surface area contributed by atoms with E-state index in [0.717, 1.165) is 10.0 Å². The average Bonchev–Trinajstić information content (AvgIpc) is 2.99. The number of hydrogen-bond donors (Lipinski definition) is 1. The molecule has 3 aromatic rings. The first-order valence-electron chi connectivity index (χ1n) is 7.19. The zero-order valence-corrected chi connectivity index (χ0v) is 17.6. The Bertz CT molecular complexity index is 1050. The highest BCUT2D eigenvalue weighted by Crippen LogP contribution is 2.32. The van der Waals surface area contributed by atoms with Gasteiger partial charge in [0, 0.05) is 10.7 Å². The molecule has 1 aromatic heterocycles. The minimum atomic E-state index is -3.93. The first kappa shape index (κ1) is 19.5. The van der Waals surface area contributed by atoms with Crippen LogP contribution in [0, 0.1) is 0 Å². The monoisotopic (exact) mass is 493 g/mol. The molecule has 0 unspecified atom stereocenters. The van der Waals surface area contributed by atoms with Crippen molar-refractivity contribution in [1.29, 1.82) is 0 Å². The van der Waals surface area contributed by atoms with Crippen molar-refractivity contribution in [2.75, 3.05) is 4.72 Å². The summed E-state index contributed by atoms with van der Waals surface area (Å²) in [5.74, 6) is 0. The third kappa shape index (κ3) is 4.53. The van der Waals surface area contributed by atoms with Crippen molar-refractivity contribution < 1.29 is 8.42 Å². The molecule has 0 saturated carbocycles. The molecule has 0 fully saturated rings. The van der Waals surface area contributed by atoms with Crippen LogP contribution in [0.1, 0.15) is 5.56 Å². The molecule has 0 radical (unpaired) electrons.